The maximum atomic E-state index is 12.8. The monoisotopic (exact) mass is 478 g/mol. The summed E-state index contributed by atoms with van der Waals surface area (Å²) in [5, 5.41) is 3.02. The van der Waals surface area contributed by atoms with Gasteiger partial charge in [0.15, 0.2) is 11.5 Å². The van der Waals surface area contributed by atoms with Crippen molar-refractivity contribution in [1.82, 2.24) is 4.98 Å². The molecule has 1 aliphatic rings. The predicted octanol–water partition coefficient (Wildman–Crippen LogP) is 7.17. The van der Waals surface area contributed by atoms with Crippen LogP contribution in [0.4, 0.5) is 5.69 Å². The number of nitrogens with zero attached hydrogens (tertiary/aromatic N) is 1. The van der Waals surface area contributed by atoms with Gasteiger partial charge in [-0.3, -0.25) is 4.79 Å². The molecule has 4 aromatic rings. The van der Waals surface area contributed by atoms with Gasteiger partial charge in [-0.15, -0.1) is 0 Å². The summed E-state index contributed by atoms with van der Waals surface area (Å²) in [5.74, 6) is 1.38. The second-order valence-corrected chi connectivity index (χ2v) is 8.96. The average molecular weight is 479 g/mol. The van der Waals surface area contributed by atoms with Gasteiger partial charge in [0.1, 0.15) is 13.2 Å². The highest BCUT2D eigenvalue weighted by Crippen LogP contribution is 2.34. The number of benzene rings is 3. The summed E-state index contributed by atoms with van der Waals surface area (Å²) in [5.41, 5.74) is 6.22. The van der Waals surface area contributed by atoms with Gasteiger partial charge < -0.3 is 14.8 Å². The van der Waals surface area contributed by atoms with Gasteiger partial charge in [-0.2, -0.15) is 0 Å². The molecule has 0 saturated carbocycles. The minimum absolute atomic E-state index is 0.120. The van der Waals surface area contributed by atoms with Crippen molar-refractivity contribution in [3.8, 4) is 34.0 Å². The van der Waals surface area contributed by atoms with Crippen LogP contribution in [-0.4, -0.2) is 24.1 Å². The third-order valence-electron chi connectivity index (χ3n) is 6.29. The number of ether oxygens (including phenoxy) is 2. The number of unbranched alkanes of at least 4 members (excludes halogenated alkanes) is 2. The molecule has 1 amide bonds. The first-order valence-corrected chi connectivity index (χ1v) is 12.6. The molecule has 0 aliphatic carbocycles. The van der Waals surface area contributed by atoms with Gasteiger partial charge in [-0.05, 0) is 73.0 Å². The van der Waals surface area contributed by atoms with Crippen LogP contribution in [-0.2, 0) is 6.42 Å². The summed E-state index contributed by atoms with van der Waals surface area (Å²) in [7, 11) is 0. The van der Waals surface area contributed by atoms with E-state index in [4.69, 9.17) is 14.5 Å². The maximum absolute atomic E-state index is 12.8. The summed E-state index contributed by atoms with van der Waals surface area (Å²) in [4.78, 5) is 17.7. The topological polar surface area (TPSA) is 60.5 Å². The Labute approximate surface area is 212 Å². The van der Waals surface area contributed by atoms with E-state index < -0.39 is 0 Å². The number of pyridine rings is 1. The van der Waals surface area contributed by atoms with E-state index in [2.05, 4.69) is 12.2 Å². The maximum Gasteiger partial charge on any atom is 0.255 e. The number of nitrogens with one attached hydrogen (secondary N) is 1. The number of anilines is 1. The molecule has 5 heteroatoms. The predicted molar refractivity (Wildman–Crippen MR) is 144 cm³/mol. The van der Waals surface area contributed by atoms with Crippen LogP contribution in [0.3, 0.4) is 0 Å². The van der Waals surface area contributed by atoms with Crippen LogP contribution in [0.5, 0.6) is 11.5 Å². The number of carbonyl (C=O) groups excluding carboxylic acids is 1. The van der Waals surface area contributed by atoms with Crippen molar-refractivity contribution in [1.29, 1.82) is 0 Å². The molecule has 5 rings (SSSR count). The van der Waals surface area contributed by atoms with E-state index in [-0.39, 0.29) is 5.91 Å². The first kappa shape index (κ1) is 23.6. The van der Waals surface area contributed by atoms with Crippen molar-refractivity contribution < 1.29 is 14.3 Å². The lowest BCUT2D eigenvalue weighted by Gasteiger charge is -2.18. The van der Waals surface area contributed by atoms with Crippen molar-refractivity contribution in [2.45, 2.75) is 32.6 Å². The van der Waals surface area contributed by atoms with Crippen LogP contribution in [0, 0.1) is 0 Å². The Balaban J connectivity index is 1.30. The molecular weight excluding hydrogens is 448 g/mol. The lowest BCUT2D eigenvalue weighted by atomic mass is 10.0. The van der Waals surface area contributed by atoms with Crippen LogP contribution in [0.25, 0.3) is 22.5 Å². The van der Waals surface area contributed by atoms with Gasteiger partial charge in [0, 0.05) is 22.4 Å². The molecule has 5 nitrogen and oxygen atoms in total. The van der Waals surface area contributed by atoms with Gasteiger partial charge in [-0.25, -0.2) is 4.98 Å². The number of carbonyl (C=O) groups is 1. The summed E-state index contributed by atoms with van der Waals surface area (Å²) < 4.78 is 11.4. The molecular formula is C31H30N2O3. The van der Waals surface area contributed by atoms with Gasteiger partial charge >= 0.3 is 0 Å². The fraction of sp³-hybridized carbons (Fsp3) is 0.226. The molecule has 2 heterocycles. The van der Waals surface area contributed by atoms with Crippen LogP contribution in [0.2, 0.25) is 0 Å². The second kappa shape index (κ2) is 11.1. The molecule has 0 unspecified atom stereocenters. The summed E-state index contributed by atoms with van der Waals surface area (Å²) >= 11 is 0. The van der Waals surface area contributed by atoms with Crippen LogP contribution in [0.15, 0.2) is 84.9 Å². The zero-order chi connectivity index (χ0) is 24.7. The van der Waals surface area contributed by atoms with Gasteiger partial charge in [-0.1, -0.05) is 50.1 Å². The normalized spacial score (nSPS) is 12.2. The van der Waals surface area contributed by atoms with E-state index >= 15 is 0 Å². The van der Waals surface area contributed by atoms with Crippen LogP contribution >= 0.6 is 0 Å². The molecule has 0 radical (unpaired) electrons. The van der Waals surface area contributed by atoms with Crippen LogP contribution < -0.4 is 14.8 Å². The Morgan fingerprint density at radius 1 is 0.806 bits per heavy atom. The number of aromatic nitrogens is 1. The Kier molecular flexibility index (Phi) is 7.27. The van der Waals surface area contributed by atoms with E-state index in [9.17, 15) is 4.79 Å². The third-order valence-corrected chi connectivity index (χ3v) is 6.29. The smallest absolute Gasteiger partial charge is 0.255 e. The fourth-order valence-electron chi connectivity index (χ4n) is 4.32. The first-order chi connectivity index (χ1) is 17.7. The zero-order valence-electron chi connectivity index (χ0n) is 20.5. The van der Waals surface area contributed by atoms with E-state index in [1.807, 2.05) is 84.9 Å². The van der Waals surface area contributed by atoms with Crippen LogP contribution in [0.1, 0.15) is 42.1 Å². The van der Waals surface area contributed by atoms with Gasteiger partial charge in [0.2, 0.25) is 0 Å². The van der Waals surface area contributed by atoms with Gasteiger partial charge in [0.25, 0.3) is 5.91 Å². The molecule has 1 N–H and O–H groups in total. The Hall–Kier alpha value is -4.12. The van der Waals surface area contributed by atoms with Crippen molar-refractivity contribution >= 4 is 11.6 Å². The highest BCUT2D eigenvalue weighted by atomic mass is 16.6. The third kappa shape index (κ3) is 5.57. The average Bonchev–Trinajstić information content (AvgIpc) is 2.93. The van der Waals surface area contributed by atoms with E-state index in [1.54, 1.807) is 0 Å². The Morgan fingerprint density at radius 3 is 2.31 bits per heavy atom. The SMILES string of the molecule is CCCCCc1ccc(C(=O)Nc2cccc(-c3cccc(-c4ccc5c(c4)OCCO5)n3)c2)cc1. The molecule has 36 heavy (non-hydrogen) atoms. The number of aryl methyl sites for hydroxylation is 1. The van der Waals surface area contributed by atoms with E-state index in [0.717, 1.165) is 46.1 Å². The van der Waals surface area contributed by atoms with Gasteiger partial charge in [0.05, 0.1) is 11.4 Å². The Bertz CT molecular complexity index is 1350. The van der Waals surface area contributed by atoms with Crippen molar-refractivity contribution in [2.24, 2.45) is 0 Å². The highest BCUT2D eigenvalue weighted by molar-refractivity contribution is 6.04. The summed E-state index contributed by atoms with van der Waals surface area (Å²) in [6, 6.07) is 27.5. The first-order valence-electron chi connectivity index (χ1n) is 12.6. The van der Waals surface area contributed by atoms with Crippen molar-refractivity contribution in [3.05, 3.63) is 96.1 Å². The van der Waals surface area contributed by atoms with E-state index in [0.29, 0.717) is 18.8 Å². The molecule has 1 aliphatic heterocycles. The molecule has 0 bridgehead atoms. The quantitative estimate of drug-likeness (QED) is 0.273. The highest BCUT2D eigenvalue weighted by Gasteiger charge is 2.14. The lowest BCUT2D eigenvalue weighted by Crippen LogP contribution is -2.15. The molecule has 182 valence electrons. The molecule has 0 atom stereocenters. The minimum Gasteiger partial charge on any atom is -0.486 e. The number of fused-ring (bicyclic) bond motifs is 1. The Morgan fingerprint density at radius 2 is 1.53 bits per heavy atom. The molecule has 1 aromatic heterocycles. The number of rotatable bonds is 8. The standard InChI is InChI=1S/C31H30N2O3/c1-2-3-4-7-22-12-14-23(15-13-22)31(34)32-26-9-5-8-24(20-26)27-10-6-11-28(33-27)25-16-17-29-30(21-25)36-19-18-35-29/h5-6,8-17,20-21H,2-4,7,18-19H2,1H3,(H,32,34). The molecule has 0 spiro atoms. The largest absolute Gasteiger partial charge is 0.486 e. The van der Waals surface area contributed by atoms with Crippen molar-refractivity contribution in [3.63, 3.8) is 0 Å². The minimum atomic E-state index is -0.120. The lowest BCUT2D eigenvalue weighted by molar-refractivity contribution is 0.102. The zero-order valence-corrected chi connectivity index (χ0v) is 20.5. The second-order valence-electron chi connectivity index (χ2n) is 8.96. The number of amides is 1. The summed E-state index contributed by atoms with van der Waals surface area (Å²) in [6.45, 7) is 3.32. The van der Waals surface area contributed by atoms with E-state index in [1.165, 1.54) is 24.8 Å². The molecule has 3 aromatic carbocycles. The number of hydrogen-bond donors (Lipinski definition) is 1. The molecule has 0 saturated heterocycles. The van der Waals surface area contributed by atoms with Crippen molar-refractivity contribution in [2.75, 3.05) is 18.5 Å². The molecule has 0 fully saturated rings. The fourth-order valence-corrected chi connectivity index (χ4v) is 4.32. The summed E-state index contributed by atoms with van der Waals surface area (Å²) in [6.07, 6.45) is 4.67. The number of hydrogen-bond acceptors (Lipinski definition) is 4.